The molecule has 11 nitrogen and oxygen atoms in total. The lowest BCUT2D eigenvalue weighted by Gasteiger charge is -2.29. The van der Waals surface area contributed by atoms with Crippen LogP contribution in [0, 0.1) is 5.92 Å². The number of nitrogens with two attached hydrogens (primary N) is 1. The first-order valence-electron chi connectivity index (χ1n) is 9.40. The van der Waals surface area contributed by atoms with E-state index in [4.69, 9.17) is 19.9 Å². The largest absolute Gasteiger partial charge is 0.459 e. The zero-order valence-corrected chi connectivity index (χ0v) is 18.3. The molecule has 0 amide bonds. The first-order valence-corrected chi connectivity index (χ1v) is 10.2. The zero-order chi connectivity index (χ0) is 22.6. The maximum Gasteiger partial charge on any atom is 0.312 e. The summed E-state index contributed by atoms with van der Waals surface area (Å²) in [5.74, 6) is -1.55. The highest BCUT2D eigenvalue weighted by Gasteiger charge is 2.32. The molecule has 0 saturated carbocycles. The topological polar surface area (TPSA) is 156 Å². The van der Waals surface area contributed by atoms with Crippen molar-refractivity contribution in [3.05, 3.63) is 20.0 Å². The first kappa shape index (κ1) is 23.5. The Morgan fingerprint density at radius 3 is 2.43 bits per heavy atom. The van der Waals surface area contributed by atoms with Crippen molar-refractivity contribution in [1.29, 1.82) is 0 Å². The van der Waals surface area contributed by atoms with Gasteiger partial charge in [-0.1, -0.05) is 32.1 Å². The van der Waals surface area contributed by atoms with Gasteiger partial charge < -0.3 is 19.9 Å². The fourth-order valence-electron chi connectivity index (χ4n) is 2.90. The Morgan fingerprint density at radius 1 is 1.23 bits per heavy atom. The van der Waals surface area contributed by atoms with Crippen LogP contribution < -0.4 is 16.2 Å². The molecule has 0 radical (unpaired) electrons. The van der Waals surface area contributed by atoms with Crippen molar-refractivity contribution in [3.63, 3.8) is 0 Å². The summed E-state index contributed by atoms with van der Waals surface area (Å²) in [7, 11) is 1.43. The van der Waals surface area contributed by atoms with E-state index in [1.54, 1.807) is 13.8 Å². The number of thiazole rings is 1. The summed E-state index contributed by atoms with van der Waals surface area (Å²) in [6.07, 6.45) is -2.05. The van der Waals surface area contributed by atoms with E-state index >= 15 is 0 Å². The van der Waals surface area contributed by atoms with Crippen LogP contribution >= 0.6 is 11.3 Å². The zero-order valence-electron chi connectivity index (χ0n) is 17.5. The van der Waals surface area contributed by atoms with Crippen LogP contribution in [0.1, 0.15) is 46.8 Å². The summed E-state index contributed by atoms with van der Waals surface area (Å²) >= 11 is 0.661. The van der Waals surface area contributed by atoms with Crippen LogP contribution in [0.4, 0.5) is 5.95 Å². The van der Waals surface area contributed by atoms with E-state index in [0.717, 1.165) is 4.57 Å². The average molecular weight is 442 g/mol. The number of carbonyl (C=O) groups is 2. The second-order valence-corrected chi connectivity index (χ2v) is 7.92. The van der Waals surface area contributed by atoms with Crippen LogP contribution in [-0.4, -0.2) is 45.8 Å². The predicted molar refractivity (Wildman–Crippen MR) is 110 cm³/mol. The van der Waals surface area contributed by atoms with Gasteiger partial charge in [-0.2, -0.15) is 4.98 Å². The number of anilines is 1. The molecule has 2 rings (SSSR count). The molecule has 0 saturated heterocycles. The molecule has 0 bridgehead atoms. The highest BCUT2D eigenvalue weighted by molar-refractivity contribution is 7.16. The van der Waals surface area contributed by atoms with Crippen LogP contribution in [0.15, 0.2) is 9.59 Å². The Kier molecular flexibility index (Phi) is 7.73. The summed E-state index contributed by atoms with van der Waals surface area (Å²) in [4.78, 5) is 54.3. The molecule has 0 spiro atoms. The molecule has 2 aromatic rings. The minimum absolute atomic E-state index is 0.000392. The summed E-state index contributed by atoms with van der Waals surface area (Å²) in [6, 6.07) is 0. The standard InChI is InChI=1S/C18H26N4O7S/c1-6-10(29-16(25)8(2)3)11(27-5)7-12(28-9(4)23)22-14-13(30-18(22)26)15(24)21-17(19)20-14/h8,10-12H,6-7H2,1-5H3,(H3,19,20,21,24)/t10-,11-,12+/m0/s1. The van der Waals surface area contributed by atoms with Gasteiger partial charge in [-0.15, -0.1) is 0 Å². The number of esters is 2. The number of aromatic amines is 1. The first-order chi connectivity index (χ1) is 14.1. The average Bonchev–Trinajstić information content (AvgIpc) is 2.99. The molecule has 0 aliphatic heterocycles. The molecule has 12 heteroatoms. The highest BCUT2D eigenvalue weighted by atomic mass is 32.1. The van der Waals surface area contributed by atoms with Crippen LogP contribution in [0.25, 0.3) is 10.3 Å². The van der Waals surface area contributed by atoms with Crippen molar-refractivity contribution in [1.82, 2.24) is 14.5 Å². The van der Waals surface area contributed by atoms with Gasteiger partial charge in [0.1, 0.15) is 10.8 Å². The molecule has 0 fully saturated rings. The van der Waals surface area contributed by atoms with Crippen LogP contribution in [0.5, 0.6) is 0 Å². The summed E-state index contributed by atoms with van der Waals surface area (Å²) in [5.41, 5.74) is 5.05. The van der Waals surface area contributed by atoms with Gasteiger partial charge in [0.15, 0.2) is 11.9 Å². The van der Waals surface area contributed by atoms with Gasteiger partial charge in [0, 0.05) is 20.5 Å². The lowest BCUT2D eigenvalue weighted by molar-refractivity contribution is -0.167. The smallest absolute Gasteiger partial charge is 0.312 e. The van der Waals surface area contributed by atoms with E-state index in [0.29, 0.717) is 17.8 Å². The summed E-state index contributed by atoms with van der Waals surface area (Å²) < 4.78 is 17.5. The van der Waals surface area contributed by atoms with E-state index in [1.165, 1.54) is 14.0 Å². The lowest BCUT2D eigenvalue weighted by Crippen LogP contribution is -2.37. The lowest BCUT2D eigenvalue weighted by atomic mass is 10.1. The Labute approximate surface area is 176 Å². The Bertz CT molecular complexity index is 1030. The normalized spacial score (nSPS) is 14.5. The Hall–Kier alpha value is -2.73. The molecule has 3 N–H and O–H groups in total. The molecule has 2 heterocycles. The van der Waals surface area contributed by atoms with Crippen molar-refractivity contribution >= 4 is 39.6 Å². The maximum atomic E-state index is 12.6. The van der Waals surface area contributed by atoms with Crippen LogP contribution in [-0.2, 0) is 23.8 Å². The number of hydrogen-bond donors (Lipinski definition) is 2. The van der Waals surface area contributed by atoms with Crippen molar-refractivity contribution < 1.29 is 23.8 Å². The Balaban J connectivity index is 2.47. The van der Waals surface area contributed by atoms with Crippen molar-refractivity contribution in [3.8, 4) is 0 Å². The molecule has 30 heavy (non-hydrogen) atoms. The van der Waals surface area contributed by atoms with Gasteiger partial charge in [0.05, 0.1) is 12.0 Å². The van der Waals surface area contributed by atoms with E-state index < -0.39 is 40.8 Å². The molecule has 0 aliphatic rings. The van der Waals surface area contributed by atoms with E-state index in [2.05, 4.69) is 9.97 Å². The number of methoxy groups -OCH3 is 1. The number of aromatic nitrogens is 3. The minimum atomic E-state index is -1.14. The second-order valence-electron chi connectivity index (χ2n) is 6.95. The number of carbonyl (C=O) groups excluding carboxylic acids is 2. The third-order valence-corrected chi connectivity index (χ3v) is 5.32. The van der Waals surface area contributed by atoms with Crippen molar-refractivity contribution in [2.45, 2.75) is 59.0 Å². The number of rotatable bonds is 9. The molecule has 166 valence electrons. The number of nitrogen functional groups attached to an aromatic ring is 1. The van der Waals surface area contributed by atoms with Crippen molar-refractivity contribution in [2.24, 2.45) is 5.92 Å². The van der Waals surface area contributed by atoms with Crippen LogP contribution in [0.2, 0.25) is 0 Å². The van der Waals surface area contributed by atoms with Gasteiger partial charge in [-0.3, -0.25) is 24.2 Å². The maximum absolute atomic E-state index is 12.6. The predicted octanol–water partition coefficient (Wildman–Crippen LogP) is 1.17. The number of ether oxygens (including phenoxy) is 3. The van der Waals surface area contributed by atoms with E-state index in [9.17, 15) is 19.2 Å². The number of nitrogens with zero attached hydrogens (tertiary/aromatic N) is 2. The molecule has 0 aliphatic carbocycles. The quantitative estimate of drug-likeness (QED) is 0.544. The third-order valence-electron chi connectivity index (χ3n) is 4.37. The monoisotopic (exact) mass is 442 g/mol. The fraction of sp³-hybridized carbons (Fsp3) is 0.611. The highest BCUT2D eigenvalue weighted by Crippen LogP contribution is 2.25. The van der Waals surface area contributed by atoms with Gasteiger partial charge in [-0.05, 0) is 6.42 Å². The van der Waals surface area contributed by atoms with E-state index in [1.807, 2.05) is 6.92 Å². The van der Waals surface area contributed by atoms with Gasteiger partial charge in [0.2, 0.25) is 5.95 Å². The Morgan fingerprint density at radius 2 is 1.90 bits per heavy atom. The number of nitrogens with one attached hydrogen (secondary N) is 1. The molecule has 0 aromatic carbocycles. The molecule has 2 aromatic heterocycles. The van der Waals surface area contributed by atoms with Gasteiger partial charge in [-0.25, -0.2) is 4.57 Å². The van der Waals surface area contributed by atoms with Gasteiger partial charge in [0.25, 0.3) is 5.56 Å². The molecule has 0 unspecified atom stereocenters. The molecular formula is C18H26N4O7S. The SMILES string of the molecule is CC[C@H](OC(=O)C(C)C)[C@H](C[C@@H](OC(C)=O)n1c(=O)sc2c(=O)[nH]c(N)nc21)OC. The number of hydrogen-bond acceptors (Lipinski definition) is 10. The summed E-state index contributed by atoms with van der Waals surface area (Å²) in [6.45, 7) is 6.44. The number of fused-ring (bicyclic) bond motifs is 1. The van der Waals surface area contributed by atoms with Gasteiger partial charge >= 0.3 is 16.8 Å². The van der Waals surface area contributed by atoms with Crippen LogP contribution in [0.3, 0.4) is 0 Å². The van der Waals surface area contributed by atoms with E-state index in [-0.39, 0.29) is 28.6 Å². The molecular weight excluding hydrogens is 416 g/mol. The number of H-pyrrole nitrogens is 1. The second kappa shape index (κ2) is 9.85. The fourth-order valence-corrected chi connectivity index (χ4v) is 3.76. The summed E-state index contributed by atoms with van der Waals surface area (Å²) in [5, 5.41) is 0. The van der Waals surface area contributed by atoms with Crippen molar-refractivity contribution in [2.75, 3.05) is 12.8 Å². The third kappa shape index (κ3) is 5.25. The minimum Gasteiger partial charge on any atom is -0.459 e. The molecule has 3 atom stereocenters.